The van der Waals surface area contributed by atoms with Crippen molar-refractivity contribution in [2.45, 2.75) is 70.4 Å². The zero-order chi connectivity index (χ0) is 21.4. The first-order valence-corrected chi connectivity index (χ1v) is 11.7. The van der Waals surface area contributed by atoms with Gasteiger partial charge in [-0.15, -0.1) is 0 Å². The Kier molecular flexibility index (Phi) is 5.32. The molecule has 1 unspecified atom stereocenters. The maximum absolute atomic E-state index is 13.5. The molecule has 1 aromatic heterocycles. The summed E-state index contributed by atoms with van der Waals surface area (Å²) in [5.74, 6) is 1.04. The number of nitrogens with zero attached hydrogens (tertiary/aromatic N) is 3. The van der Waals surface area contributed by atoms with Crippen LogP contribution in [0.3, 0.4) is 0 Å². The van der Waals surface area contributed by atoms with E-state index < -0.39 is 0 Å². The molecule has 31 heavy (non-hydrogen) atoms. The van der Waals surface area contributed by atoms with E-state index >= 15 is 0 Å². The van der Waals surface area contributed by atoms with E-state index in [2.05, 4.69) is 34.3 Å². The van der Waals surface area contributed by atoms with Crippen LogP contribution in [0, 0.1) is 12.3 Å². The predicted octanol–water partition coefficient (Wildman–Crippen LogP) is 4.05. The standard InChI is InChI=1S/C25H31N3O3/c1-18-16-21(31-26-18)17-22(29)27-14-10-20(11-15-27)28-23(19-8-4-2-5-9-19)25(24(28)30)12-6-3-7-13-25/h2,4-5,8-9,16,20,23H,3,6-7,10-15,17H2,1H3. The summed E-state index contributed by atoms with van der Waals surface area (Å²) in [4.78, 5) is 30.3. The van der Waals surface area contributed by atoms with Gasteiger partial charge in [0.25, 0.3) is 0 Å². The Morgan fingerprint density at radius 3 is 2.48 bits per heavy atom. The summed E-state index contributed by atoms with van der Waals surface area (Å²) in [5, 5.41) is 3.87. The first-order valence-electron chi connectivity index (χ1n) is 11.7. The second kappa shape index (κ2) is 8.13. The monoisotopic (exact) mass is 421 g/mol. The third-order valence-corrected chi connectivity index (χ3v) is 7.54. The van der Waals surface area contributed by atoms with Gasteiger partial charge in [-0.05, 0) is 38.2 Å². The number of likely N-dealkylation sites (tertiary alicyclic amines) is 2. The molecule has 0 N–H and O–H groups in total. The van der Waals surface area contributed by atoms with Crippen LogP contribution in [-0.4, -0.2) is 45.9 Å². The minimum Gasteiger partial charge on any atom is -0.361 e. The van der Waals surface area contributed by atoms with Crippen molar-refractivity contribution in [1.82, 2.24) is 15.0 Å². The van der Waals surface area contributed by atoms with Gasteiger partial charge in [0.2, 0.25) is 11.8 Å². The van der Waals surface area contributed by atoms with E-state index in [1.165, 1.54) is 12.0 Å². The van der Waals surface area contributed by atoms with Crippen LogP contribution in [0.25, 0.3) is 0 Å². The fourth-order valence-corrected chi connectivity index (χ4v) is 6.01. The van der Waals surface area contributed by atoms with Crippen LogP contribution in [0.4, 0.5) is 0 Å². The molecule has 5 rings (SSSR count). The molecule has 2 aromatic rings. The molecule has 3 fully saturated rings. The number of rotatable bonds is 4. The van der Waals surface area contributed by atoms with E-state index in [4.69, 9.17) is 4.52 Å². The number of aromatic nitrogens is 1. The molecule has 6 heteroatoms. The normalized spacial score (nSPS) is 23.8. The summed E-state index contributed by atoms with van der Waals surface area (Å²) in [5.41, 5.74) is 1.86. The minimum atomic E-state index is -0.198. The molecule has 2 amide bonds. The fraction of sp³-hybridized carbons (Fsp3) is 0.560. The largest absolute Gasteiger partial charge is 0.361 e. The smallest absolute Gasteiger partial charge is 0.232 e. The minimum absolute atomic E-state index is 0.0768. The lowest BCUT2D eigenvalue weighted by molar-refractivity contribution is -0.186. The summed E-state index contributed by atoms with van der Waals surface area (Å²) < 4.78 is 5.20. The van der Waals surface area contributed by atoms with Crippen molar-refractivity contribution in [2.75, 3.05) is 13.1 Å². The van der Waals surface area contributed by atoms with Crippen LogP contribution in [0.1, 0.15) is 68.0 Å². The van der Waals surface area contributed by atoms with Gasteiger partial charge in [0, 0.05) is 25.2 Å². The maximum Gasteiger partial charge on any atom is 0.232 e. The Hall–Kier alpha value is -2.63. The number of β-lactam (4-membered cyclic amide) rings is 1. The second-order valence-electron chi connectivity index (χ2n) is 9.47. The van der Waals surface area contributed by atoms with E-state index in [1.54, 1.807) is 0 Å². The number of hydrogen-bond donors (Lipinski definition) is 0. The molecule has 0 radical (unpaired) electrons. The number of amides is 2. The van der Waals surface area contributed by atoms with Crippen LogP contribution >= 0.6 is 0 Å². The molecular formula is C25H31N3O3. The van der Waals surface area contributed by atoms with Crippen molar-refractivity contribution in [1.29, 1.82) is 0 Å². The Bertz CT molecular complexity index is 940. The summed E-state index contributed by atoms with van der Waals surface area (Å²) in [6.45, 7) is 3.24. The number of benzene rings is 1. The van der Waals surface area contributed by atoms with E-state index in [0.29, 0.717) is 24.8 Å². The van der Waals surface area contributed by atoms with Crippen molar-refractivity contribution in [2.24, 2.45) is 5.41 Å². The van der Waals surface area contributed by atoms with Crippen molar-refractivity contribution in [3.05, 3.63) is 53.4 Å². The van der Waals surface area contributed by atoms with Crippen LogP contribution in [-0.2, 0) is 16.0 Å². The third kappa shape index (κ3) is 3.56. The molecule has 1 aliphatic carbocycles. The average molecular weight is 422 g/mol. The van der Waals surface area contributed by atoms with Crippen molar-refractivity contribution < 1.29 is 14.1 Å². The Labute approximate surface area is 183 Å². The molecule has 0 bridgehead atoms. The van der Waals surface area contributed by atoms with Crippen molar-refractivity contribution in [3.8, 4) is 0 Å². The Morgan fingerprint density at radius 2 is 1.84 bits per heavy atom. The summed E-state index contributed by atoms with van der Waals surface area (Å²) in [7, 11) is 0. The summed E-state index contributed by atoms with van der Waals surface area (Å²) in [6, 6.07) is 12.8. The second-order valence-corrected chi connectivity index (χ2v) is 9.47. The lowest BCUT2D eigenvalue weighted by atomic mass is 9.59. The zero-order valence-electron chi connectivity index (χ0n) is 18.3. The van der Waals surface area contributed by atoms with E-state index in [9.17, 15) is 9.59 Å². The SMILES string of the molecule is Cc1cc(CC(=O)N2CCC(N3C(=O)C4(CCCCC4)C3c3ccccc3)CC2)on1. The van der Waals surface area contributed by atoms with Gasteiger partial charge in [-0.25, -0.2) is 0 Å². The van der Waals surface area contributed by atoms with Crippen LogP contribution in [0.15, 0.2) is 40.9 Å². The van der Waals surface area contributed by atoms with Gasteiger partial charge in [-0.1, -0.05) is 54.8 Å². The van der Waals surface area contributed by atoms with E-state index in [1.807, 2.05) is 24.0 Å². The molecule has 1 aromatic carbocycles. The molecule has 1 spiro atoms. The van der Waals surface area contributed by atoms with E-state index in [-0.39, 0.29) is 29.8 Å². The van der Waals surface area contributed by atoms with Gasteiger partial charge in [-0.3, -0.25) is 9.59 Å². The zero-order valence-corrected chi connectivity index (χ0v) is 18.3. The quantitative estimate of drug-likeness (QED) is 0.699. The fourth-order valence-electron chi connectivity index (χ4n) is 6.01. The number of hydrogen-bond acceptors (Lipinski definition) is 4. The molecule has 2 aliphatic heterocycles. The van der Waals surface area contributed by atoms with Gasteiger partial charge in [0.05, 0.1) is 23.6 Å². The lowest BCUT2D eigenvalue weighted by Crippen LogP contribution is -2.67. The molecular weight excluding hydrogens is 390 g/mol. The van der Waals surface area contributed by atoms with Gasteiger partial charge >= 0.3 is 0 Å². The van der Waals surface area contributed by atoms with Gasteiger partial charge in [-0.2, -0.15) is 0 Å². The highest BCUT2D eigenvalue weighted by Gasteiger charge is 2.62. The lowest BCUT2D eigenvalue weighted by Gasteiger charge is -2.61. The number of aryl methyl sites for hydroxylation is 1. The first-order chi connectivity index (χ1) is 15.1. The molecule has 2 saturated heterocycles. The van der Waals surface area contributed by atoms with E-state index in [0.717, 1.165) is 44.2 Å². The summed E-state index contributed by atoms with van der Waals surface area (Å²) in [6.07, 6.45) is 7.49. The molecule has 164 valence electrons. The maximum atomic E-state index is 13.5. The molecule has 1 atom stereocenters. The van der Waals surface area contributed by atoms with Crippen LogP contribution < -0.4 is 0 Å². The Balaban J connectivity index is 1.28. The number of piperidine rings is 1. The first kappa shape index (κ1) is 20.3. The highest BCUT2D eigenvalue weighted by atomic mass is 16.5. The topological polar surface area (TPSA) is 66.7 Å². The van der Waals surface area contributed by atoms with Crippen LogP contribution in [0.2, 0.25) is 0 Å². The highest BCUT2D eigenvalue weighted by molar-refractivity contribution is 5.91. The average Bonchev–Trinajstić information content (AvgIpc) is 3.22. The molecule has 1 saturated carbocycles. The summed E-state index contributed by atoms with van der Waals surface area (Å²) >= 11 is 0. The number of carbonyl (C=O) groups excluding carboxylic acids is 2. The van der Waals surface area contributed by atoms with Crippen molar-refractivity contribution >= 4 is 11.8 Å². The van der Waals surface area contributed by atoms with Crippen LogP contribution in [0.5, 0.6) is 0 Å². The Morgan fingerprint density at radius 1 is 1.13 bits per heavy atom. The van der Waals surface area contributed by atoms with Crippen molar-refractivity contribution in [3.63, 3.8) is 0 Å². The molecule has 3 aliphatic rings. The molecule has 6 nitrogen and oxygen atoms in total. The molecule has 3 heterocycles. The van der Waals surface area contributed by atoms with Gasteiger partial charge < -0.3 is 14.3 Å². The highest BCUT2D eigenvalue weighted by Crippen LogP contribution is 2.59. The number of carbonyl (C=O) groups is 2. The predicted molar refractivity (Wildman–Crippen MR) is 116 cm³/mol. The third-order valence-electron chi connectivity index (χ3n) is 7.54. The van der Waals surface area contributed by atoms with Gasteiger partial charge in [0.15, 0.2) is 0 Å². The van der Waals surface area contributed by atoms with Gasteiger partial charge in [0.1, 0.15) is 5.76 Å².